The Morgan fingerprint density at radius 3 is 2.76 bits per heavy atom. The largest absolute Gasteiger partial charge is 0.485 e. The quantitative estimate of drug-likeness (QED) is 0.876. The minimum atomic E-state index is -0.0537. The van der Waals surface area contributed by atoms with Crippen LogP contribution in [0.4, 0.5) is 5.82 Å². The summed E-state index contributed by atoms with van der Waals surface area (Å²) in [5.74, 6) is 1.73. The minimum Gasteiger partial charge on any atom is -0.485 e. The fourth-order valence-corrected chi connectivity index (χ4v) is 2.84. The molecule has 2 aromatic heterocycles. The number of piperidine rings is 1. The zero-order chi connectivity index (χ0) is 17.5. The van der Waals surface area contributed by atoms with Gasteiger partial charge in [-0.25, -0.2) is 4.98 Å². The number of pyridine rings is 2. The van der Waals surface area contributed by atoms with E-state index in [-0.39, 0.29) is 5.91 Å². The number of likely N-dealkylation sites (tertiary alicyclic amines) is 1. The maximum Gasteiger partial charge on any atom is 0.239 e. The molecule has 1 aliphatic rings. The monoisotopic (exact) mass is 340 g/mol. The number of anilines is 1. The zero-order valence-corrected chi connectivity index (χ0v) is 14.5. The number of nitrogens with one attached hydrogen (secondary N) is 1. The third kappa shape index (κ3) is 5.26. The predicted octanol–water partition coefficient (Wildman–Crippen LogP) is 2.73. The van der Waals surface area contributed by atoms with Crippen molar-refractivity contribution in [3.05, 3.63) is 48.4 Å². The molecule has 0 saturated carbocycles. The highest BCUT2D eigenvalue weighted by Crippen LogP contribution is 2.22. The lowest BCUT2D eigenvalue weighted by atomic mass is 9.99. The van der Waals surface area contributed by atoms with Crippen molar-refractivity contribution in [3.63, 3.8) is 0 Å². The molecule has 25 heavy (non-hydrogen) atoms. The number of aromatic nitrogens is 2. The topological polar surface area (TPSA) is 67.4 Å². The van der Waals surface area contributed by atoms with Crippen molar-refractivity contribution in [1.29, 1.82) is 0 Å². The number of hydrogen-bond donors (Lipinski definition) is 1. The predicted molar refractivity (Wildman–Crippen MR) is 96.3 cm³/mol. The Labute approximate surface area is 148 Å². The second-order valence-corrected chi connectivity index (χ2v) is 6.50. The van der Waals surface area contributed by atoms with Crippen molar-refractivity contribution in [3.8, 4) is 5.75 Å². The van der Waals surface area contributed by atoms with Crippen molar-refractivity contribution in [2.75, 3.05) is 25.0 Å². The Morgan fingerprint density at radius 2 is 2.00 bits per heavy atom. The van der Waals surface area contributed by atoms with Crippen LogP contribution in [0.2, 0.25) is 0 Å². The molecule has 1 N–H and O–H groups in total. The molecule has 2 aromatic rings. The summed E-state index contributed by atoms with van der Waals surface area (Å²) in [5, 5.41) is 2.88. The molecule has 0 atom stereocenters. The summed E-state index contributed by atoms with van der Waals surface area (Å²) in [6, 6.07) is 7.40. The van der Waals surface area contributed by atoms with E-state index in [0.717, 1.165) is 37.4 Å². The lowest BCUT2D eigenvalue weighted by Gasteiger charge is -2.29. The molecule has 1 saturated heterocycles. The fourth-order valence-electron chi connectivity index (χ4n) is 2.84. The van der Waals surface area contributed by atoms with E-state index >= 15 is 0 Å². The molecule has 0 aromatic carbocycles. The summed E-state index contributed by atoms with van der Waals surface area (Å²) >= 11 is 0. The lowest BCUT2D eigenvalue weighted by Crippen LogP contribution is -2.38. The van der Waals surface area contributed by atoms with E-state index in [0.29, 0.717) is 24.7 Å². The van der Waals surface area contributed by atoms with Gasteiger partial charge in [0, 0.05) is 18.6 Å². The van der Waals surface area contributed by atoms with Gasteiger partial charge in [-0.1, -0.05) is 6.92 Å². The van der Waals surface area contributed by atoms with Crippen LogP contribution in [0.25, 0.3) is 0 Å². The van der Waals surface area contributed by atoms with Crippen LogP contribution in [0.3, 0.4) is 0 Å². The first-order valence-electron chi connectivity index (χ1n) is 8.69. The number of carbonyl (C=O) groups excluding carboxylic acids is 1. The highest BCUT2D eigenvalue weighted by Gasteiger charge is 2.18. The number of carbonyl (C=O) groups is 1. The fraction of sp³-hybridized carbons (Fsp3) is 0.421. The van der Waals surface area contributed by atoms with Crippen molar-refractivity contribution >= 4 is 11.7 Å². The van der Waals surface area contributed by atoms with Crippen LogP contribution in [0.5, 0.6) is 5.75 Å². The Bertz CT molecular complexity index is 685. The van der Waals surface area contributed by atoms with Gasteiger partial charge < -0.3 is 10.1 Å². The van der Waals surface area contributed by atoms with Crippen LogP contribution in [0.15, 0.2) is 42.9 Å². The number of hydrogen-bond acceptors (Lipinski definition) is 5. The van der Waals surface area contributed by atoms with Gasteiger partial charge in [0.1, 0.15) is 6.61 Å². The van der Waals surface area contributed by atoms with E-state index in [1.807, 2.05) is 18.2 Å². The van der Waals surface area contributed by atoms with Gasteiger partial charge in [-0.15, -0.1) is 0 Å². The van der Waals surface area contributed by atoms with Gasteiger partial charge >= 0.3 is 0 Å². The Hall–Kier alpha value is -2.47. The van der Waals surface area contributed by atoms with Crippen molar-refractivity contribution in [2.45, 2.75) is 26.4 Å². The average Bonchev–Trinajstić information content (AvgIpc) is 2.64. The van der Waals surface area contributed by atoms with Crippen molar-refractivity contribution in [1.82, 2.24) is 14.9 Å². The standard InChI is InChI=1S/C19H24N4O2/c1-15-6-11-23(12-7-15)13-18(24)22-19-17(3-2-8-21-19)25-14-16-4-9-20-10-5-16/h2-5,8-10,15H,6-7,11-14H2,1H3,(H,21,22,24). The maximum atomic E-state index is 12.3. The van der Waals surface area contributed by atoms with E-state index in [9.17, 15) is 4.79 Å². The second-order valence-electron chi connectivity index (χ2n) is 6.50. The molecule has 3 rings (SSSR count). The average molecular weight is 340 g/mol. The Balaban J connectivity index is 1.56. The van der Waals surface area contributed by atoms with Crippen LogP contribution < -0.4 is 10.1 Å². The van der Waals surface area contributed by atoms with Crippen molar-refractivity contribution in [2.24, 2.45) is 5.92 Å². The third-order valence-electron chi connectivity index (χ3n) is 4.42. The van der Waals surface area contributed by atoms with Crippen LogP contribution in [0.1, 0.15) is 25.3 Å². The second kappa shape index (κ2) is 8.58. The molecule has 0 radical (unpaired) electrons. The van der Waals surface area contributed by atoms with Gasteiger partial charge in [0.15, 0.2) is 11.6 Å². The van der Waals surface area contributed by atoms with E-state index in [1.165, 1.54) is 0 Å². The molecular formula is C19H24N4O2. The highest BCUT2D eigenvalue weighted by molar-refractivity contribution is 5.92. The molecule has 6 heteroatoms. The summed E-state index contributed by atoms with van der Waals surface area (Å²) < 4.78 is 5.81. The molecule has 0 unspecified atom stereocenters. The van der Waals surface area contributed by atoms with Gasteiger partial charge in [-0.05, 0) is 61.7 Å². The first kappa shape index (κ1) is 17.4. The molecule has 0 spiro atoms. The SMILES string of the molecule is CC1CCN(CC(=O)Nc2ncccc2OCc2ccncc2)CC1. The molecule has 1 aliphatic heterocycles. The molecule has 132 valence electrons. The normalized spacial score (nSPS) is 15.7. The molecule has 1 amide bonds. The molecular weight excluding hydrogens is 316 g/mol. The summed E-state index contributed by atoms with van der Waals surface area (Å²) in [6.07, 6.45) is 7.40. The first-order chi connectivity index (χ1) is 12.2. The van der Waals surface area contributed by atoms with Gasteiger partial charge in [-0.2, -0.15) is 0 Å². The van der Waals surface area contributed by atoms with Crippen LogP contribution in [0, 0.1) is 5.92 Å². The third-order valence-corrected chi connectivity index (χ3v) is 4.42. The molecule has 0 bridgehead atoms. The minimum absolute atomic E-state index is 0.0537. The number of amides is 1. The summed E-state index contributed by atoms with van der Waals surface area (Å²) in [7, 11) is 0. The molecule has 1 fully saturated rings. The van der Waals surface area contributed by atoms with E-state index < -0.39 is 0 Å². The van der Waals surface area contributed by atoms with Gasteiger partial charge in [-0.3, -0.25) is 14.7 Å². The molecule has 6 nitrogen and oxygen atoms in total. The van der Waals surface area contributed by atoms with Crippen LogP contribution in [-0.2, 0) is 11.4 Å². The lowest BCUT2D eigenvalue weighted by molar-refractivity contribution is -0.117. The number of ether oxygens (including phenoxy) is 1. The number of nitrogens with zero attached hydrogens (tertiary/aromatic N) is 3. The first-order valence-corrected chi connectivity index (χ1v) is 8.69. The number of rotatable bonds is 6. The zero-order valence-electron chi connectivity index (χ0n) is 14.5. The summed E-state index contributed by atoms with van der Waals surface area (Å²) in [5.41, 5.74) is 1.01. The Kier molecular flexibility index (Phi) is 5.95. The van der Waals surface area contributed by atoms with Gasteiger partial charge in [0.25, 0.3) is 0 Å². The van der Waals surface area contributed by atoms with Gasteiger partial charge in [0.05, 0.1) is 6.54 Å². The summed E-state index contributed by atoms with van der Waals surface area (Å²) in [6.45, 7) is 5.01. The maximum absolute atomic E-state index is 12.3. The van der Waals surface area contributed by atoms with Crippen LogP contribution >= 0.6 is 0 Å². The summed E-state index contributed by atoms with van der Waals surface area (Å²) in [4.78, 5) is 22.8. The Morgan fingerprint density at radius 1 is 1.24 bits per heavy atom. The molecule has 3 heterocycles. The smallest absolute Gasteiger partial charge is 0.239 e. The molecule has 0 aliphatic carbocycles. The van der Waals surface area contributed by atoms with Gasteiger partial charge in [0.2, 0.25) is 5.91 Å². The van der Waals surface area contributed by atoms with Crippen LogP contribution in [-0.4, -0.2) is 40.4 Å². The van der Waals surface area contributed by atoms with Crippen molar-refractivity contribution < 1.29 is 9.53 Å². The van der Waals surface area contributed by atoms with E-state index in [2.05, 4.69) is 27.1 Å². The van der Waals surface area contributed by atoms with E-state index in [1.54, 1.807) is 24.7 Å². The highest BCUT2D eigenvalue weighted by atomic mass is 16.5. The van der Waals surface area contributed by atoms with E-state index in [4.69, 9.17) is 4.74 Å².